The second kappa shape index (κ2) is 8.25. The van der Waals surface area contributed by atoms with Crippen LogP contribution in [0, 0.1) is 12.8 Å². The molecule has 0 saturated heterocycles. The van der Waals surface area contributed by atoms with Crippen LogP contribution < -0.4 is 4.74 Å². The molecule has 1 unspecified atom stereocenters. The molecule has 0 aliphatic carbocycles. The maximum Gasteiger partial charge on any atom is 0.132 e. The second-order valence-corrected chi connectivity index (χ2v) is 6.58. The highest BCUT2D eigenvalue weighted by atomic mass is 32.1. The van der Waals surface area contributed by atoms with Crippen molar-refractivity contribution in [1.29, 1.82) is 0 Å². The van der Waals surface area contributed by atoms with E-state index in [2.05, 4.69) is 74.9 Å². The van der Waals surface area contributed by atoms with Gasteiger partial charge in [0.05, 0.1) is 6.61 Å². The van der Waals surface area contributed by atoms with Gasteiger partial charge in [0.1, 0.15) is 5.75 Å². The van der Waals surface area contributed by atoms with E-state index in [9.17, 15) is 0 Å². The van der Waals surface area contributed by atoms with E-state index in [1.165, 1.54) is 11.1 Å². The van der Waals surface area contributed by atoms with E-state index >= 15 is 0 Å². The van der Waals surface area contributed by atoms with Gasteiger partial charge in [-0.15, -0.1) is 12.6 Å². The summed E-state index contributed by atoms with van der Waals surface area (Å²) in [7, 11) is 4.21. The van der Waals surface area contributed by atoms with Gasteiger partial charge in [0.2, 0.25) is 0 Å². The number of hydrogen-bond donors (Lipinski definition) is 1. The fraction of sp³-hybridized carbons (Fsp3) is 0.368. The second-order valence-electron chi connectivity index (χ2n) is 6.10. The van der Waals surface area contributed by atoms with Crippen LogP contribution >= 0.6 is 12.6 Å². The molecule has 2 aromatic rings. The molecule has 0 bridgehead atoms. The van der Waals surface area contributed by atoms with E-state index < -0.39 is 0 Å². The number of rotatable bonds is 7. The van der Waals surface area contributed by atoms with E-state index in [1.807, 2.05) is 12.1 Å². The number of benzene rings is 2. The van der Waals surface area contributed by atoms with Crippen molar-refractivity contribution < 1.29 is 4.74 Å². The summed E-state index contributed by atoms with van der Waals surface area (Å²) in [6.45, 7) is 3.76. The van der Waals surface area contributed by atoms with Gasteiger partial charge in [-0.3, -0.25) is 0 Å². The van der Waals surface area contributed by atoms with Crippen LogP contribution in [0.25, 0.3) is 0 Å². The van der Waals surface area contributed by atoms with Gasteiger partial charge >= 0.3 is 0 Å². The minimum atomic E-state index is 0.450. The van der Waals surface area contributed by atoms with Crippen molar-refractivity contribution in [3.05, 3.63) is 59.7 Å². The average molecular weight is 315 g/mol. The molecular weight excluding hydrogens is 290 g/mol. The van der Waals surface area contributed by atoms with Gasteiger partial charge in [-0.05, 0) is 50.7 Å². The van der Waals surface area contributed by atoms with Crippen LogP contribution in [0.2, 0.25) is 0 Å². The highest BCUT2D eigenvalue weighted by Gasteiger charge is 2.13. The van der Waals surface area contributed by atoms with Crippen molar-refractivity contribution in [1.82, 2.24) is 4.90 Å². The molecule has 0 saturated carbocycles. The number of nitrogens with zero attached hydrogens (tertiary/aromatic N) is 1. The molecule has 0 amide bonds. The number of ether oxygens (including phenoxy) is 1. The average Bonchev–Trinajstić information content (AvgIpc) is 2.46. The Morgan fingerprint density at radius 3 is 2.45 bits per heavy atom. The summed E-state index contributed by atoms with van der Waals surface area (Å²) in [5, 5.41) is 0. The van der Waals surface area contributed by atoms with E-state index in [0.29, 0.717) is 12.5 Å². The molecule has 0 aliphatic heterocycles. The highest BCUT2D eigenvalue weighted by Crippen LogP contribution is 2.24. The summed E-state index contributed by atoms with van der Waals surface area (Å²) in [4.78, 5) is 3.12. The highest BCUT2D eigenvalue weighted by molar-refractivity contribution is 7.80. The van der Waals surface area contributed by atoms with Crippen LogP contribution in [0.5, 0.6) is 5.75 Å². The lowest BCUT2D eigenvalue weighted by molar-refractivity contribution is 0.206. The van der Waals surface area contributed by atoms with Gasteiger partial charge in [0, 0.05) is 17.4 Å². The molecule has 3 heteroatoms. The van der Waals surface area contributed by atoms with Crippen LogP contribution in [-0.2, 0) is 6.42 Å². The van der Waals surface area contributed by atoms with Gasteiger partial charge < -0.3 is 9.64 Å². The van der Waals surface area contributed by atoms with Crippen LogP contribution in [0.15, 0.2) is 53.4 Å². The van der Waals surface area contributed by atoms with Crippen molar-refractivity contribution in [2.45, 2.75) is 18.2 Å². The van der Waals surface area contributed by atoms with Crippen LogP contribution in [-0.4, -0.2) is 32.1 Å². The fourth-order valence-electron chi connectivity index (χ4n) is 2.60. The van der Waals surface area contributed by atoms with Gasteiger partial charge in [0.25, 0.3) is 0 Å². The molecule has 0 N–H and O–H groups in total. The first-order valence-electron chi connectivity index (χ1n) is 7.65. The third-order valence-corrected chi connectivity index (χ3v) is 3.93. The molecule has 0 fully saturated rings. The summed E-state index contributed by atoms with van der Waals surface area (Å²) in [5.74, 6) is 1.32. The topological polar surface area (TPSA) is 12.5 Å². The summed E-state index contributed by atoms with van der Waals surface area (Å²) >= 11 is 4.50. The third kappa shape index (κ3) is 5.39. The zero-order valence-electron chi connectivity index (χ0n) is 13.6. The van der Waals surface area contributed by atoms with Gasteiger partial charge in [-0.1, -0.05) is 36.4 Å². The maximum atomic E-state index is 6.02. The van der Waals surface area contributed by atoms with Crippen molar-refractivity contribution in [3.63, 3.8) is 0 Å². The van der Waals surface area contributed by atoms with Crippen molar-refractivity contribution >= 4 is 12.6 Å². The molecule has 2 nitrogen and oxygen atoms in total. The number of hydrogen-bond acceptors (Lipinski definition) is 3. The Bertz CT molecular complexity index is 583. The van der Waals surface area contributed by atoms with Crippen molar-refractivity contribution in [2.24, 2.45) is 5.92 Å². The van der Waals surface area contributed by atoms with Gasteiger partial charge in [0.15, 0.2) is 0 Å². The largest absolute Gasteiger partial charge is 0.492 e. The zero-order valence-corrected chi connectivity index (χ0v) is 14.5. The minimum absolute atomic E-state index is 0.450. The normalized spacial score (nSPS) is 12.4. The van der Waals surface area contributed by atoms with Gasteiger partial charge in [-0.25, -0.2) is 0 Å². The fourth-order valence-corrected chi connectivity index (χ4v) is 2.94. The molecule has 22 heavy (non-hydrogen) atoms. The molecular formula is C19H25NOS. The molecule has 0 heterocycles. The summed E-state index contributed by atoms with van der Waals surface area (Å²) in [5.41, 5.74) is 2.56. The maximum absolute atomic E-state index is 6.02. The molecule has 0 radical (unpaired) electrons. The Balaban J connectivity index is 2.00. The number of thiol groups is 1. The molecule has 1 atom stereocenters. The Morgan fingerprint density at radius 2 is 1.82 bits per heavy atom. The predicted molar refractivity (Wildman–Crippen MR) is 96.1 cm³/mol. The van der Waals surface area contributed by atoms with Crippen molar-refractivity contribution in [2.75, 3.05) is 27.2 Å². The zero-order chi connectivity index (χ0) is 15.9. The first kappa shape index (κ1) is 16.9. The summed E-state index contributed by atoms with van der Waals surface area (Å²) in [6.07, 6.45) is 1.02. The van der Waals surface area contributed by atoms with E-state index in [4.69, 9.17) is 4.74 Å². The predicted octanol–water partition coefficient (Wildman–Crippen LogP) is 4.08. The monoisotopic (exact) mass is 315 g/mol. The van der Waals surface area contributed by atoms with E-state index in [-0.39, 0.29) is 0 Å². The minimum Gasteiger partial charge on any atom is -0.492 e. The lowest BCUT2D eigenvalue weighted by Gasteiger charge is -2.22. The Hall–Kier alpha value is -1.45. The quantitative estimate of drug-likeness (QED) is 0.773. The molecule has 2 rings (SSSR count). The smallest absolute Gasteiger partial charge is 0.132 e. The Morgan fingerprint density at radius 1 is 1.09 bits per heavy atom. The lowest BCUT2D eigenvalue weighted by atomic mass is 9.99. The molecule has 118 valence electrons. The first-order valence-corrected chi connectivity index (χ1v) is 8.10. The van der Waals surface area contributed by atoms with Gasteiger partial charge in [-0.2, -0.15) is 0 Å². The van der Waals surface area contributed by atoms with Crippen LogP contribution in [0.4, 0.5) is 0 Å². The molecule has 0 aliphatic rings. The van der Waals surface area contributed by atoms with E-state index in [0.717, 1.165) is 23.6 Å². The molecule has 2 aromatic carbocycles. The first-order chi connectivity index (χ1) is 10.5. The summed E-state index contributed by atoms with van der Waals surface area (Å²) < 4.78 is 6.02. The third-order valence-electron chi connectivity index (χ3n) is 3.58. The Labute approximate surface area is 139 Å². The van der Waals surface area contributed by atoms with Crippen LogP contribution in [0.1, 0.15) is 11.1 Å². The lowest BCUT2D eigenvalue weighted by Crippen LogP contribution is -2.28. The summed E-state index contributed by atoms with van der Waals surface area (Å²) in [6, 6.07) is 16.7. The van der Waals surface area contributed by atoms with Crippen LogP contribution in [0.3, 0.4) is 0 Å². The standard InChI is InChI=1S/C19H25NOS/c1-15-9-10-18(19(22)11-15)21-14-17(13-20(2)3)12-16-7-5-4-6-8-16/h4-11,17,22H,12-14H2,1-3H3. The SMILES string of the molecule is Cc1ccc(OCC(Cc2ccccc2)CN(C)C)c(S)c1. The number of aryl methyl sites for hydroxylation is 1. The Kier molecular flexibility index (Phi) is 6.34. The van der Waals surface area contributed by atoms with Crippen molar-refractivity contribution in [3.8, 4) is 5.75 Å². The van der Waals surface area contributed by atoms with E-state index in [1.54, 1.807) is 0 Å². The molecule has 0 spiro atoms. The molecule has 0 aromatic heterocycles.